The molecule has 0 aromatic heterocycles. The van der Waals surface area contributed by atoms with Crippen LogP contribution in [0.5, 0.6) is 0 Å². The molecule has 3 nitrogen and oxygen atoms in total. The van der Waals surface area contributed by atoms with E-state index in [9.17, 15) is 8.42 Å². The smallest absolute Gasteiger partial charge is 0.211 e. The van der Waals surface area contributed by atoms with Gasteiger partial charge in [-0.3, -0.25) is 0 Å². The highest BCUT2D eigenvalue weighted by molar-refractivity contribution is 9.10. The van der Waals surface area contributed by atoms with Gasteiger partial charge in [0.05, 0.1) is 5.02 Å². The molecule has 2 unspecified atom stereocenters. The first-order valence-electron chi connectivity index (χ1n) is 6.49. The third kappa shape index (κ3) is 4.10. The number of halogens is 3. The molecule has 2 atom stereocenters. The summed E-state index contributed by atoms with van der Waals surface area (Å²) in [6, 6.07) is 4.72. The summed E-state index contributed by atoms with van der Waals surface area (Å²) in [5.74, 6) is 0.189. The number of alkyl halides is 1. The minimum absolute atomic E-state index is 0.0480. The summed E-state index contributed by atoms with van der Waals surface area (Å²) in [6.07, 6.45) is 4.14. The van der Waals surface area contributed by atoms with E-state index in [1.807, 2.05) is 0 Å². The third-order valence-corrected chi connectivity index (χ3v) is 6.51. The van der Waals surface area contributed by atoms with Gasteiger partial charge in [0.15, 0.2) is 0 Å². The van der Waals surface area contributed by atoms with Crippen LogP contribution in [-0.2, 0) is 10.0 Å². The van der Waals surface area contributed by atoms with Crippen molar-refractivity contribution in [3.05, 3.63) is 27.7 Å². The maximum atomic E-state index is 12.3. The van der Waals surface area contributed by atoms with Crippen molar-refractivity contribution < 1.29 is 8.42 Å². The van der Waals surface area contributed by atoms with Gasteiger partial charge in [0.1, 0.15) is 4.90 Å². The van der Waals surface area contributed by atoms with Crippen molar-refractivity contribution in [2.24, 2.45) is 5.92 Å². The van der Waals surface area contributed by atoms with Crippen molar-refractivity contribution in [1.29, 1.82) is 0 Å². The molecule has 112 valence electrons. The number of hydrogen-bond donors (Lipinski definition) is 1. The standard InChI is InChI=1S/C13H16BrCl2NO2S/c14-10-5-6-13(12(16)7-10)20(18,19)17-8-9-3-1-2-4-11(9)15/h5-7,9,11,17H,1-4,8H2. The highest BCUT2D eigenvalue weighted by atomic mass is 79.9. The molecule has 0 aliphatic heterocycles. The lowest BCUT2D eigenvalue weighted by molar-refractivity contribution is 0.364. The van der Waals surface area contributed by atoms with Crippen LogP contribution in [0.3, 0.4) is 0 Å². The zero-order chi connectivity index (χ0) is 14.8. The second-order valence-electron chi connectivity index (χ2n) is 4.99. The number of nitrogens with one attached hydrogen (secondary N) is 1. The fourth-order valence-electron chi connectivity index (χ4n) is 2.38. The van der Waals surface area contributed by atoms with Gasteiger partial charge in [-0.1, -0.05) is 40.4 Å². The van der Waals surface area contributed by atoms with Crippen molar-refractivity contribution in [3.63, 3.8) is 0 Å². The molecule has 2 rings (SSSR count). The molecule has 1 aliphatic carbocycles. The van der Waals surface area contributed by atoms with Crippen LogP contribution in [0.1, 0.15) is 25.7 Å². The van der Waals surface area contributed by atoms with Gasteiger partial charge >= 0.3 is 0 Å². The molecule has 0 amide bonds. The highest BCUT2D eigenvalue weighted by Gasteiger charge is 2.26. The summed E-state index contributed by atoms with van der Waals surface area (Å²) in [4.78, 5) is 0.101. The molecule has 7 heteroatoms. The summed E-state index contributed by atoms with van der Waals surface area (Å²) in [7, 11) is -3.59. The van der Waals surface area contributed by atoms with Crippen LogP contribution in [0, 0.1) is 5.92 Å². The van der Waals surface area contributed by atoms with Crippen molar-refractivity contribution in [2.45, 2.75) is 36.0 Å². The molecule has 0 spiro atoms. The zero-order valence-corrected chi connectivity index (χ0v) is 14.7. The van der Waals surface area contributed by atoms with Crippen molar-refractivity contribution in [3.8, 4) is 0 Å². The Balaban J connectivity index is 2.07. The number of rotatable bonds is 4. The molecule has 20 heavy (non-hydrogen) atoms. The van der Waals surface area contributed by atoms with Crippen LogP contribution >= 0.6 is 39.1 Å². The topological polar surface area (TPSA) is 46.2 Å². The maximum absolute atomic E-state index is 12.3. The van der Waals surface area contributed by atoms with Gasteiger partial charge in [-0.05, 0) is 37.0 Å². The molecule has 1 fully saturated rings. The Kier molecular flexibility index (Phi) is 5.77. The number of hydrogen-bond acceptors (Lipinski definition) is 2. The molecule has 0 radical (unpaired) electrons. The van der Waals surface area contributed by atoms with Crippen molar-refractivity contribution in [2.75, 3.05) is 6.54 Å². The maximum Gasteiger partial charge on any atom is 0.242 e. The first kappa shape index (κ1) is 16.6. The molecule has 1 N–H and O–H groups in total. The molecule has 1 aliphatic rings. The summed E-state index contributed by atoms with van der Waals surface area (Å²) in [5.41, 5.74) is 0. The zero-order valence-electron chi connectivity index (χ0n) is 10.8. The molecular formula is C13H16BrCl2NO2S. The quantitative estimate of drug-likeness (QED) is 0.770. The van der Waals surface area contributed by atoms with Crippen LogP contribution in [0.2, 0.25) is 5.02 Å². The van der Waals surface area contributed by atoms with Crippen molar-refractivity contribution >= 4 is 49.2 Å². The van der Waals surface area contributed by atoms with Crippen LogP contribution in [0.4, 0.5) is 0 Å². The third-order valence-electron chi connectivity index (χ3n) is 3.54. The second-order valence-corrected chi connectivity index (χ2v) is 8.61. The predicted molar refractivity (Wildman–Crippen MR) is 85.9 cm³/mol. The largest absolute Gasteiger partial charge is 0.242 e. The fourth-order valence-corrected chi connectivity index (χ4v) is 4.88. The Bertz CT molecular complexity index is 580. The molecule has 1 saturated carbocycles. The van der Waals surface area contributed by atoms with E-state index in [2.05, 4.69) is 20.7 Å². The van der Waals surface area contributed by atoms with E-state index < -0.39 is 10.0 Å². The number of sulfonamides is 1. The van der Waals surface area contributed by atoms with E-state index >= 15 is 0 Å². The first-order valence-corrected chi connectivity index (χ1v) is 9.58. The number of benzene rings is 1. The molecule has 0 heterocycles. The van der Waals surface area contributed by atoms with Crippen LogP contribution in [0.25, 0.3) is 0 Å². The lowest BCUT2D eigenvalue weighted by atomic mass is 9.89. The summed E-state index contributed by atoms with van der Waals surface area (Å²) < 4.78 is 27.9. The van der Waals surface area contributed by atoms with Crippen molar-refractivity contribution in [1.82, 2.24) is 4.72 Å². The Labute approximate surface area is 138 Å². The van der Waals surface area contributed by atoms with Crippen LogP contribution < -0.4 is 4.72 Å². The molecule has 0 bridgehead atoms. The van der Waals surface area contributed by atoms with E-state index in [4.69, 9.17) is 23.2 Å². The van der Waals surface area contributed by atoms with Gasteiger partial charge in [0.2, 0.25) is 10.0 Å². The van der Waals surface area contributed by atoms with E-state index in [0.717, 1.165) is 30.2 Å². The van der Waals surface area contributed by atoms with E-state index in [0.29, 0.717) is 6.54 Å². The average molecular weight is 401 g/mol. The average Bonchev–Trinajstić information content (AvgIpc) is 2.37. The van der Waals surface area contributed by atoms with Crippen LogP contribution in [0.15, 0.2) is 27.6 Å². The lowest BCUT2D eigenvalue weighted by Gasteiger charge is -2.27. The lowest BCUT2D eigenvalue weighted by Crippen LogP contribution is -2.34. The Hall–Kier alpha value is 0.190. The molecular weight excluding hydrogens is 385 g/mol. The molecule has 1 aromatic rings. The first-order chi connectivity index (χ1) is 9.40. The molecule has 0 saturated heterocycles. The van der Waals surface area contributed by atoms with Gasteiger partial charge in [0.25, 0.3) is 0 Å². The van der Waals surface area contributed by atoms with Gasteiger partial charge in [-0.25, -0.2) is 13.1 Å². The summed E-state index contributed by atoms with van der Waals surface area (Å²) in [5, 5.41) is 0.254. The Morgan fingerprint density at radius 3 is 2.65 bits per heavy atom. The normalized spacial score (nSPS) is 23.8. The summed E-state index contributed by atoms with van der Waals surface area (Å²) >= 11 is 15.5. The van der Waals surface area contributed by atoms with Crippen LogP contribution in [-0.4, -0.2) is 20.3 Å². The highest BCUT2D eigenvalue weighted by Crippen LogP contribution is 2.29. The summed E-state index contributed by atoms with van der Waals surface area (Å²) in [6.45, 7) is 0.364. The SMILES string of the molecule is O=S(=O)(NCC1CCCCC1Cl)c1ccc(Br)cc1Cl. The minimum Gasteiger partial charge on any atom is -0.211 e. The van der Waals surface area contributed by atoms with E-state index in [1.54, 1.807) is 12.1 Å². The van der Waals surface area contributed by atoms with E-state index in [-0.39, 0.29) is 21.2 Å². The van der Waals surface area contributed by atoms with Gasteiger partial charge in [-0.2, -0.15) is 0 Å². The molecule has 1 aromatic carbocycles. The fraction of sp³-hybridized carbons (Fsp3) is 0.538. The second kappa shape index (κ2) is 6.97. The van der Waals surface area contributed by atoms with Gasteiger partial charge in [-0.15, -0.1) is 11.6 Å². The van der Waals surface area contributed by atoms with Gasteiger partial charge in [0, 0.05) is 16.4 Å². The Morgan fingerprint density at radius 2 is 2.00 bits per heavy atom. The monoisotopic (exact) mass is 399 g/mol. The minimum atomic E-state index is -3.59. The predicted octanol–water partition coefficient (Wildman–Crippen LogP) is 4.18. The Morgan fingerprint density at radius 1 is 1.30 bits per heavy atom. The van der Waals surface area contributed by atoms with Gasteiger partial charge < -0.3 is 0 Å². The van der Waals surface area contributed by atoms with E-state index in [1.165, 1.54) is 6.07 Å².